The second-order valence-electron chi connectivity index (χ2n) is 6.48. The van der Waals surface area contributed by atoms with Crippen molar-refractivity contribution in [1.82, 2.24) is 9.29 Å². The number of aromatic nitrogens is 1. The average molecular weight is 397 g/mol. The summed E-state index contributed by atoms with van der Waals surface area (Å²) >= 11 is 0. The maximum absolute atomic E-state index is 13.4. The Bertz CT molecular complexity index is 1000. The maximum Gasteiger partial charge on any atom is 0.276 e. The van der Waals surface area contributed by atoms with Crippen LogP contribution in [0.1, 0.15) is 23.0 Å². The van der Waals surface area contributed by atoms with Crippen LogP contribution in [-0.2, 0) is 17.1 Å². The van der Waals surface area contributed by atoms with Gasteiger partial charge in [0.2, 0.25) is 10.0 Å². The molecule has 0 bridgehead atoms. The van der Waals surface area contributed by atoms with E-state index < -0.39 is 33.9 Å². The highest BCUT2D eigenvalue weighted by Crippen LogP contribution is 2.33. The van der Waals surface area contributed by atoms with Crippen LogP contribution in [0.25, 0.3) is 0 Å². The van der Waals surface area contributed by atoms with Crippen molar-refractivity contribution in [3.63, 3.8) is 0 Å². The first-order chi connectivity index (χ1) is 12.6. The summed E-state index contributed by atoms with van der Waals surface area (Å²) in [5, 5.41) is 12.3. The molecule has 0 saturated carbocycles. The summed E-state index contributed by atoms with van der Waals surface area (Å²) in [6.07, 6.45) is 0.296. The van der Waals surface area contributed by atoms with Crippen molar-refractivity contribution in [2.45, 2.75) is 30.9 Å². The molecule has 0 spiro atoms. The highest BCUT2D eigenvalue weighted by atomic mass is 32.2. The highest BCUT2D eigenvalue weighted by molar-refractivity contribution is 7.89. The van der Waals surface area contributed by atoms with Gasteiger partial charge in [-0.1, -0.05) is 0 Å². The topological polar surface area (TPSA) is 110 Å². The molecule has 1 aliphatic heterocycles. The molecule has 1 aliphatic rings. The molecule has 2 heterocycles. The number of fused-ring (bicyclic) bond motifs is 1. The molecule has 1 unspecified atom stereocenters. The first kappa shape index (κ1) is 19.3. The molecule has 10 heteroatoms. The summed E-state index contributed by atoms with van der Waals surface area (Å²) in [5.41, 5.74) is 0.732. The Morgan fingerprint density at radius 1 is 1.48 bits per heavy atom. The molecule has 3 N–H and O–H groups in total. The molecule has 2 aromatic rings. The Balaban J connectivity index is 1.97. The minimum absolute atomic E-state index is 0.00333. The molecule has 0 saturated heterocycles. The van der Waals surface area contributed by atoms with Gasteiger partial charge in [0.25, 0.3) is 5.91 Å². The molecule has 2 atom stereocenters. The minimum atomic E-state index is -3.98. The second-order valence-corrected chi connectivity index (χ2v) is 8.16. The molecular weight excluding hydrogens is 377 g/mol. The van der Waals surface area contributed by atoms with Gasteiger partial charge in [0.1, 0.15) is 17.3 Å². The number of ether oxygens (including phenoxy) is 1. The quantitative estimate of drug-likeness (QED) is 0.720. The molecule has 0 fully saturated rings. The van der Waals surface area contributed by atoms with Crippen LogP contribution in [0.3, 0.4) is 0 Å². The lowest BCUT2D eigenvalue weighted by atomic mass is 10.2. The molecule has 146 valence electrons. The average Bonchev–Trinajstić information content (AvgIpc) is 2.85. The standard InChI is InChI=1S/C17H20FN3O5S/c1-9-6-11(4-5-12(9)18)19-17(23)15-16-14(7-21(15)3)27(24,25)20-13(8-26-16)10(2)22/h4-7,10,13,20,22H,8H2,1-3H3,(H,19,23)/t10?,13-/m1/s1. The van der Waals surface area contributed by atoms with E-state index >= 15 is 0 Å². The zero-order valence-corrected chi connectivity index (χ0v) is 15.8. The number of carbonyl (C=O) groups is 1. The summed E-state index contributed by atoms with van der Waals surface area (Å²) in [6.45, 7) is 2.87. The third-order valence-electron chi connectivity index (χ3n) is 4.32. The number of aliphatic hydroxyl groups excluding tert-OH is 1. The lowest BCUT2D eigenvalue weighted by molar-refractivity contribution is 0.100. The summed E-state index contributed by atoms with van der Waals surface area (Å²) in [4.78, 5) is 12.5. The smallest absolute Gasteiger partial charge is 0.276 e. The molecule has 1 aromatic carbocycles. The maximum atomic E-state index is 13.4. The van der Waals surface area contributed by atoms with Crippen molar-refractivity contribution < 1.29 is 27.4 Å². The number of halogens is 1. The Morgan fingerprint density at radius 3 is 2.81 bits per heavy atom. The van der Waals surface area contributed by atoms with E-state index in [0.29, 0.717) is 11.3 Å². The number of benzene rings is 1. The van der Waals surface area contributed by atoms with E-state index in [9.17, 15) is 22.7 Å². The third-order valence-corrected chi connectivity index (χ3v) is 5.80. The van der Waals surface area contributed by atoms with E-state index in [-0.39, 0.29) is 22.9 Å². The van der Waals surface area contributed by atoms with Crippen LogP contribution in [0.2, 0.25) is 0 Å². The molecule has 1 amide bonds. The Labute approximate surface area is 156 Å². The first-order valence-corrected chi connectivity index (χ1v) is 9.68. The third kappa shape index (κ3) is 3.68. The summed E-state index contributed by atoms with van der Waals surface area (Å²) < 4.78 is 47.8. The fraction of sp³-hybridized carbons (Fsp3) is 0.353. The lowest BCUT2D eigenvalue weighted by Gasteiger charge is -2.18. The van der Waals surface area contributed by atoms with Crippen LogP contribution < -0.4 is 14.8 Å². The number of aliphatic hydroxyl groups is 1. The van der Waals surface area contributed by atoms with Crippen molar-refractivity contribution in [3.8, 4) is 5.75 Å². The zero-order valence-electron chi connectivity index (χ0n) is 15.0. The Hall–Kier alpha value is -2.43. The largest absolute Gasteiger partial charge is 0.488 e. The molecule has 1 aromatic heterocycles. The monoisotopic (exact) mass is 397 g/mol. The molecule has 8 nitrogen and oxygen atoms in total. The van der Waals surface area contributed by atoms with Crippen molar-refractivity contribution in [2.24, 2.45) is 7.05 Å². The van der Waals surface area contributed by atoms with Crippen molar-refractivity contribution in [1.29, 1.82) is 0 Å². The van der Waals surface area contributed by atoms with Crippen LogP contribution in [-0.4, -0.2) is 42.8 Å². The number of nitrogens with one attached hydrogen (secondary N) is 2. The number of rotatable bonds is 3. The van der Waals surface area contributed by atoms with Crippen LogP contribution in [0.5, 0.6) is 5.75 Å². The lowest BCUT2D eigenvalue weighted by Crippen LogP contribution is -2.44. The van der Waals surface area contributed by atoms with E-state index in [1.807, 2.05) is 0 Å². The molecular formula is C17H20FN3O5S. The first-order valence-electron chi connectivity index (χ1n) is 8.20. The van der Waals surface area contributed by atoms with Gasteiger partial charge >= 0.3 is 0 Å². The summed E-state index contributed by atoms with van der Waals surface area (Å²) in [7, 11) is -2.46. The fourth-order valence-corrected chi connectivity index (χ4v) is 4.28. The molecule has 0 radical (unpaired) electrons. The SMILES string of the molecule is Cc1cc(NC(=O)c2c3c(cn2C)S(=O)(=O)N[C@@H](C(C)O)CO3)ccc1F. The van der Waals surface area contributed by atoms with Gasteiger partial charge in [-0.2, -0.15) is 0 Å². The van der Waals surface area contributed by atoms with Crippen LogP contribution in [0.4, 0.5) is 10.1 Å². The van der Waals surface area contributed by atoms with Gasteiger partial charge < -0.3 is 19.7 Å². The van der Waals surface area contributed by atoms with Crippen LogP contribution in [0, 0.1) is 12.7 Å². The fourth-order valence-electron chi connectivity index (χ4n) is 2.79. The van der Waals surface area contributed by atoms with Crippen molar-refractivity contribution in [2.75, 3.05) is 11.9 Å². The Kier molecular flexibility index (Phi) is 4.98. The van der Waals surface area contributed by atoms with E-state index in [1.54, 1.807) is 6.92 Å². The van der Waals surface area contributed by atoms with E-state index in [4.69, 9.17) is 4.74 Å². The number of sulfonamides is 1. The van der Waals surface area contributed by atoms with E-state index in [0.717, 1.165) is 0 Å². The van der Waals surface area contributed by atoms with Crippen molar-refractivity contribution >= 4 is 21.6 Å². The zero-order chi connectivity index (χ0) is 19.9. The van der Waals surface area contributed by atoms with Gasteiger partial charge in [0.05, 0.1) is 12.1 Å². The number of hydrogen-bond donors (Lipinski definition) is 3. The van der Waals surface area contributed by atoms with Crippen LogP contribution >= 0.6 is 0 Å². The van der Waals surface area contributed by atoms with Crippen molar-refractivity contribution in [3.05, 3.63) is 41.5 Å². The molecule has 27 heavy (non-hydrogen) atoms. The van der Waals surface area contributed by atoms with E-state index in [1.165, 1.54) is 42.9 Å². The van der Waals surface area contributed by atoms with Gasteiger partial charge in [0.15, 0.2) is 11.4 Å². The number of aryl methyl sites for hydroxylation is 2. The molecule has 3 rings (SSSR count). The van der Waals surface area contributed by atoms with Gasteiger partial charge in [-0.3, -0.25) is 4.79 Å². The Morgan fingerprint density at radius 2 is 2.19 bits per heavy atom. The van der Waals surface area contributed by atoms with Gasteiger partial charge in [0, 0.05) is 18.9 Å². The summed E-state index contributed by atoms with van der Waals surface area (Å²) in [5.74, 6) is -1.09. The number of nitrogens with zero attached hydrogens (tertiary/aromatic N) is 1. The second kappa shape index (κ2) is 6.95. The minimum Gasteiger partial charge on any atom is -0.488 e. The molecule has 0 aliphatic carbocycles. The number of carbonyl (C=O) groups excluding carboxylic acids is 1. The summed E-state index contributed by atoms with van der Waals surface area (Å²) in [6, 6.07) is 3.26. The predicted molar refractivity (Wildman–Crippen MR) is 95.8 cm³/mol. The number of hydrogen-bond acceptors (Lipinski definition) is 5. The van der Waals surface area contributed by atoms with E-state index in [2.05, 4.69) is 10.0 Å². The van der Waals surface area contributed by atoms with Gasteiger partial charge in [-0.05, 0) is 37.6 Å². The number of anilines is 1. The highest BCUT2D eigenvalue weighted by Gasteiger charge is 2.35. The number of amides is 1. The van der Waals surface area contributed by atoms with Gasteiger partial charge in [-0.25, -0.2) is 17.5 Å². The van der Waals surface area contributed by atoms with Gasteiger partial charge in [-0.15, -0.1) is 0 Å². The normalized spacial score (nSPS) is 19.5. The van der Waals surface area contributed by atoms with Crippen LogP contribution in [0.15, 0.2) is 29.3 Å². The predicted octanol–water partition coefficient (Wildman–Crippen LogP) is 1.15.